The van der Waals surface area contributed by atoms with E-state index in [0.717, 1.165) is 22.6 Å². The highest BCUT2D eigenvalue weighted by Gasteiger charge is 2.26. The van der Waals surface area contributed by atoms with Crippen LogP contribution in [0.4, 0.5) is 17.1 Å². The molecule has 0 bridgehead atoms. The number of halogens is 1. The van der Waals surface area contributed by atoms with E-state index in [0.29, 0.717) is 23.3 Å². The molecule has 0 aliphatic carbocycles. The van der Waals surface area contributed by atoms with Crippen LogP contribution >= 0.6 is 22.6 Å². The Labute approximate surface area is 196 Å². The van der Waals surface area contributed by atoms with Crippen molar-refractivity contribution in [2.24, 2.45) is 0 Å². The summed E-state index contributed by atoms with van der Waals surface area (Å²) in [7, 11) is 5.83. The molecule has 8 heteroatoms. The highest BCUT2D eigenvalue weighted by molar-refractivity contribution is 14.1. The Morgan fingerprint density at radius 2 is 1.87 bits per heavy atom. The Morgan fingerprint density at radius 1 is 1.16 bits per heavy atom. The molecule has 1 atom stereocenters. The Bertz CT molecular complexity index is 960. The normalized spacial score (nSPS) is 15.1. The van der Waals surface area contributed by atoms with Crippen LogP contribution in [-0.2, 0) is 14.3 Å². The number of carbonyl (C=O) groups excluding carboxylic acids is 2. The van der Waals surface area contributed by atoms with Gasteiger partial charge in [-0.1, -0.05) is 46.9 Å². The van der Waals surface area contributed by atoms with Gasteiger partial charge >= 0.3 is 11.9 Å². The maximum Gasteiger partial charge on any atom is 0.338 e. The molecule has 0 aromatic heterocycles. The number of likely N-dealkylation sites (N-methyl/N-ethyl adjacent to an activating group) is 1. The molecule has 1 aliphatic rings. The molecule has 0 radical (unpaired) electrons. The van der Waals surface area contributed by atoms with E-state index in [1.54, 1.807) is 6.08 Å². The number of hydrogen-bond donors (Lipinski definition) is 1. The largest absolute Gasteiger partial charge is 0.463 e. The van der Waals surface area contributed by atoms with Crippen LogP contribution in [0, 0.1) is 0 Å². The number of nitrogens with zero attached hydrogens (tertiary/aromatic N) is 2. The van der Waals surface area contributed by atoms with Crippen LogP contribution in [0.25, 0.3) is 6.08 Å². The van der Waals surface area contributed by atoms with E-state index in [1.165, 1.54) is 0 Å². The molecule has 0 spiro atoms. The predicted molar refractivity (Wildman–Crippen MR) is 132 cm³/mol. The van der Waals surface area contributed by atoms with Crippen LogP contribution in [-0.4, -0.2) is 56.7 Å². The highest BCUT2D eigenvalue weighted by Crippen LogP contribution is 2.33. The molecule has 0 amide bonds. The molecule has 2 aromatic carbocycles. The van der Waals surface area contributed by atoms with Gasteiger partial charge in [0.25, 0.3) is 0 Å². The summed E-state index contributed by atoms with van der Waals surface area (Å²) in [5.74, 6) is -0.000402. The molecule has 164 valence electrons. The van der Waals surface area contributed by atoms with Crippen molar-refractivity contribution in [3.8, 4) is 5.75 Å². The third-order valence-electron chi connectivity index (χ3n) is 4.87. The van der Waals surface area contributed by atoms with Crippen molar-refractivity contribution in [2.75, 3.05) is 53.8 Å². The van der Waals surface area contributed by atoms with Crippen molar-refractivity contribution in [1.29, 1.82) is 0 Å². The minimum atomic E-state index is -0.548. The molecular weight excluding hydrogens is 509 g/mol. The lowest BCUT2D eigenvalue weighted by atomic mass is 10.1. The first-order valence-electron chi connectivity index (χ1n) is 9.88. The van der Waals surface area contributed by atoms with Crippen molar-refractivity contribution in [2.45, 2.75) is 6.04 Å². The number of anilines is 3. The molecule has 0 saturated heterocycles. The fourth-order valence-electron chi connectivity index (χ4n) is 3.03. The molecule has 31 heavy (non-hydrogen) atoms. The van der Waals surface area contributed by atoms with Gasteiger partial charge in [-0.05, 0) is 29.8 Å². The first-order chi connectivity index (χ1) is 14.9. The quantitative estimate of drug-likeness (QED) is 0.240. The number of fused-ring (bicyclic) bond motifs is 1. The topological polar surface area (TPSA) is 71.1 Å². The van der Waals surface area contributed by atoms with Gasteiger partial charge in [-0.25, -0.2) is 4.79 Å². The zero-order valence-corrected chi connectivity index (χ0v) is 20.0. The lowest BCUT2D eigenvalue weighted by Gasteiger charge is -2.25. The van der Waals surface area contributed by atoms with Crippen molar-refractivity contribution >= 4 is 57.7 Å². The summed E-state index contributed by atoms with van der Waals surface area (Å²) in [6.45, 7) is 0.970. The van der Waals surface area contributed by atoms with E-state index in [2.05, 4.69) is 5.32 Å². The average Bonchev–Trinajstić information content (AvgIpc) is 2.77. The Morgan fingerprint density at radius 3 is 2.55 bits per heavy atom. The number of nitrogens with one attached hydrogen (secondary N) is 1. The third kappa shape index (κ3) is 6.13. The monoisotopic (exact) mass is 535 g/mol. The molecule has 2 aromatic rings. The fraction of sp³-hybridized carbons (Fsp3) is 0.304. The van der Waals surface area contributed by atoms with Gasteiger partial charge in [-0.2, -0.15) is 0 Å². The second-order valence-electron chi connectivity index (χ2n) is 7.34. The van der Waals surface area contributed by atoms with Crippen LogP contribution < -0.4 is 19.9 Å². The number of alkyl halides is 1. The summed E-state index contributed by atoms with van der Waals surface area (Å²) >= 11 is 1.98. The maximum absolute atomic E-state index is 12.4. The van der Waals surface area contributed by atoms with Gasteiger partial charge in [0.2, 0.25) is 0 Å². The van der Waals surface area contributed by atoms with E-state index in [-0.39, 0.29) is 11.9 Å². The number of ether oxygens (including phenoxy) is 2. The highest BCUT2D eigenvalue weighted by atomic mass is 127. The SMILES string of the molecule is CN(C)c1ccc2c(c1)OC(=O)C(/C=C/c1ccc(N(C)CCOC(=O)CI)cc1)N2. The molecule has 0 saturated carbocycles. The van der Waals surface area contributed by atoms with Gasteiger partial charge in [0.1, 0.15) is 12.6 Å². The van der Waals surface area contributed by atoms with Crippen molar-refractivity contribution in [3.63, 3.8) is 0 Å². The van der Waals surface area contributed by atoms with Crippen LogP contribution in [0.3, 0.4) is 0 Å². The minimum Gasteiger partial charge on any atom is -0.463 e. The number of rotatable bonds is 8. The van der Waals surface area contributed by atoms with Gasteiger partial charge in [-0.3, -0.25) is 4.79 Å². The minimum absolute atomic E-state index is 0.204. The zero-order valence-electron chi connectivity index (χ0n) is 17.8. The van der Waals surface area contributed by atoms with Crippen molar-refractivity contribution in [1.82, 2.24) is 0 Å². The molecule has 1 unspecified atom stereocenters. The van der Waals surface area contributed by atoms with Crippen LogP contribution in [0.1, 0.15) is 5.56 Å². The summed E-state index contributed by atoms with van der Waals surface area (Å²) < 4.78 is 11.0. The Kier molecular flexibility index (Phi) is 7.78. The van der Waals surface area contributed by atoms with E-state index < -0.39 is 6.04 Å². The summed E-state index contributed by atoms with van der Waals surface area (Å²) in [4.78, 5) is 27.6. The van der Waals surface area contributed by atoms with Crippen molar-refractivity contribution in [3.05, 3.63) is 54.1 Å². The smallest absolute Gasteiger partial charge is 0.338 e. The molecular formula is C23H26IN3O4. The maximum atomic E-state index is 12.4. The van der Waals surface area contributed by atoms with E-state index >= 15 is 0 Å². The number of carbonyl (C=O) groups is 2. The Hall–Kier alpha value is -2.75. The molecule has 3 rings (SSSR count). The molecule has 0 fully saturated rings. The van der Waals surface area contributed by atoms with Gasteiger partial charge in [0.15, 0.2) is 5.75 Å². The predicted octanol–water partition coefficient (Wildman–Crippen LogP) is 3.58. The number of hydrogen-bond acceptors (Lipinski definition) is 7. The first kappa shape index (κ1) is 22.9. The first-order valence-corrected chi connectivity index (χ1v) is 11.4. The second-order valence-corrected chi connectivity index (χ2v) is 8.11. The Balaban J connectivity index is 1.59. The molecule has 1 aliphatic heterocycles. The number of benzene rings is 2. The second kappa shape index (κ2) is 10.5. The summed E-state index contributed by atoms with van der Waals surface area (Å²) in [6.07, 6.45) is 3.69. The van der Waals surface area contributed by atoms with Crippen LogP contribution in [0.2, 0.25) is 0 Å². The van der Waals surface area contributed by atoms with E-state index in [4.69, 9.17) is 9.47 Å². The third-order valence-corrected chi connectivity index (χ3v) is 5.49. The lowest BCUT2D eigenvalue weighted by molar-refractivity contribution is -0.139. The average molecular weight is 535 g/mol. The van der Waals surface area contributed by atoms with E-state index in [1.807, 2.05) is 102 Å². The lowest BCUT2D eigenvalue weighted by Crippen LogP contribution is -2.35. The van der Waals surface area contributed by atoms with Crippen LogP contribution in [0.15, 0.2) is 48.5 Å². The fourth-order valence-corrected chi connectivity index (χ4v) is 3.25. The van der Waals surface area contributed by atoms with E-state index in [9.17, 15) is 9.59 Å². The van der Waals surface area contributed by atoms with Gasteiger partial charge < -0.3 is 24.6 Å². The van der Waals surface area contributed by atoms with Crippen molar-refractivity contribution < 1.29 is 19.1 Å². The van der Waals surface area contributed by atoms with Gasteiger partial charge in [0, 0.05) is 38.6 Å². The zero-order chi connectivity index (χ0) is 22.4. The summed E-state index contributed by atoms with van der Waals surface area (Å²) in [5, 5.41) is 3.22. The summed E-state index contributed by atoms with van der Waals surface area (Å²) in [6, 6.07) is 13.1. The number of esters is 2. The molecule has 1 heterocycles. The van der Waals surface area contributed by atoms with Gasteiger partial charge in [0.05, 0.1) is 16.7 Å². The summed E-state index contributed by atoms with van der Waals surface area (Å²) in [5.41, 5.74) is 3.75. The standard InChI is InChI=1S/C23H26IN3O4/c1-26(2)18-9-11-19-21(14-18)31-23(29)20(25-19)10-6-16-4-7-17(8-5-16)27(3)12-13-30-22(28)15-24/h4-11,14,20,25H,12-13,15H2,1-3H3/b10-6+. The van der Waals surface area contributed by atoms with Crippen LogP contribution in [0.5, 0.6) is 5.75 Å². The molecule has 1 N–H and O–H groups in total. The van der Waals surface area contributed by atoms with Gasteiger partial charge in [-0.15, -0.1) is 0 Å². The molecule has 7 nitrogen and oxygen atoms in total.